The average Bonchev–Trinajstić information content (AvgIpc) is 3.10. The van der Waals surface area contributed by atoms with Crippen LogP contribution in [0.2, 0.25) is 5.02 Å². The molecule has 0 fully saturated rings. The molecule has 0 aliphatic rings. The van der Waals surface area contributed by atoms with Crippen LogP contribution in [0.25, 0.3) is 11.4 Å². The molecule has 6 nitrogen and oxygen atoms in total. The number of carbonyl (C=O) groups is 1. The number of aromatic nitrogens is 2. The highest BCUT2D eigenvalue weighted by atomic mass is 35.5. The number of ether oxygens (including phenoxy) is 1. The van der Waals surface area contributed by atoms with Crippen LogP contribution in [0.15, 0.2) is 53.1 Å². The van der Waals surface area contributed by atoms with Gasteiger partial charge in [-0.3, -0.25) is 4.79 Å². The molecular formula is C19H18ClN3O3. The van der Waals surface area contributed by atoms with Gasteiger partial charge in [-0.1, -0.05) is 46.6 Å². The summed E-state index contributed by atoms with van der Waals surface area (Å²) in [6.07, 6.45) is -0.649. The lowest BCUT2D eigenvalue weighted by Gasteiger charge is -2.14. The topological polar surface area (TPSA) is 77.2 Å². The Morgan fingerprint density at radius 3 is 2.69 bits per heavy atom. The summed E-state index contributed by atoms with van der Waals surface area (Å²) in [5, 5.41) is 7.14. The highest BCUT2D eigenvalue weighted by molar-refractivity contribution is 6.33. The van der Waals surface area contributed by atoms with Crippen LogP contribution < -0.4 is 10.1 Å². The molecule has 0 aliphatic heterocycles. The number of hydrogen-bond acceptors (Lipinski definition) is 5. The van der Waals surface area contributed by atoms with Gasteiger partial charge in [0, 0.05) is 5.56 Å². The second-order valence-electron chi connectivity index (χ2n) is 5.78. The predicted molar refractivity (Wildman–Crippen MR) is 97.9 cm³/mol. The highest BCUT2D eigenvalue weighted by Gasteiger charge is 2.16. The smallest absolute Gasteiger partial charge is 0.261 e. The monoisotopic (exact) mass is 371 g/mol. The van der Waals surface area contributed by atoms with E-state index >= 15 is 0 Å². The number of halogens is 1. The first-order valence-electron chi connectivity index (χ1n) is 8.11. The quantitative estimate of drug-likeness (QED) is 0.713. The second-order valence-corrected chi connectivity index (χ2v) is 6.19. The molecule has 1 atom stereocenters. The van der Waals surface area contributed by atoms with E-state index in [1.54, 1.807) is 19.1 Å². The summed E-state index contributed by atoms with van der Waals surface area (Å²) in [4.78, 5) is 16.4. The molecule has 1 heterocycles. The van der Waals surface area contributed by atoms with E-state index in [4.69, 9.17) is 20.9 Å². The Bertz CT molecular complexity index is 893. The van der Waals surface area contributed by atoms with Gasteiger partial charge in [-0.15, -0.1) is 0 Å². The molecule has 0 radical (unpaired) electrons. The molecule has 0 spiro atoms. The van der Waals surface area contributed by atoms with Crippen molar-refractivity contribution in [3.05, 3.63) is 65.0 Å². The van der Waals surface area contributed by atoms with Crippen LogP contribution in [-0.2, 0) is 11.3 Å². The zero-order valence-electron chi connectivity index (χ0n) is 14.4. The third kappa shape index (κ3) is 4.40. The zero-order valence-corrected chi connectivity index (χ0v) is 15.2. The van der Waals surface area contributed by atoms with E-state index in [0.29, 0.717) is 22.2 Å². The summed E-state index contributed by atoms with van der Waals surface area (Å²) in [6.45, 7) is 3.78. The van der Waals surface area contributed by atoms with Crippen molar-refractivity contribution in [3.8, 4) is 17.1 Å². The minimum atomic E-state index is -0.649. The van der Waals surface area contributed by atoms with Crippen molar-refractivity contribution < 1.29 is 14.1 Å². The van der Waals surface area contributed by atoms with Crippen molar-refractivity contribution in [3.63, 3.8) is 0 Å². The summed E-state index contributed by atoms with van der Waals surface area (Å²) < 4.78 is 10.8. The number of nitrogens with one attached hydrogen (secondary N) is 1. The molecule has 0 bridgehead atoms. The fourth-order valence-electron chi connectivity index (χ4n) is 2.26. The van der Waals surface area contributed by atoms with Gasteiger partial charge in [0.2, 0.25) is 11.7 Å². The van der Waals surface area contributed by atoms with Gasteiger partial charge in [0.25, 0.3) is 5.91 Å². The molecule has 0 aliphatic carbocycles. The van der Waals surface area contributed by atoms with Gasteiger partial charge in [0.05, 0.1) is 11.6 Å². The van der Waals surface area contributed by atoms with Crippen molar-refractivity contribution in [2.24, 2.45) is 0 Å². The lowest BCUT2D eigenvalue weighted by atomic mass is 10.2. The Morgan fingerprint density at radius 2 is 1.96 bits per heavy atom. The number of benzene rings is 2. The average molecular weight is 372 g/mol. The normalized spacial score (nSPS) is 11.8. The molecule has 7 heteroatoms. The molecule has 1 N–H and O–H groups in total. The zero-order chi connectivity index (χ0) is 18.5. The Balaban J connectivity index is 1.56. The van der Waals surface area contributed by atoms with Crippen LogP contribution in [0.5, 0.6) is 5.75 Å². The van der Waals surface area contributed by atoms with E-state index in [1.807, 2.05) is 43.3 Å². The maximum Gasteiger partial charge on any atom is 0.261 e. The molecule has 0 saturated heterocycles. The van der Waals surface area contributed by atoms with E-state index in [-0.39, 0.29) is 18.3 Å². The summed E-state index contributed by atoms with van der Waals surface area (Å²) in [5.41, 5.74) is 1.80. The summed E-state index contributed by atoms with van der Waals surface area (Å²) in [7, 11) is 0. The van der Waals surface area contributed by atoms with E-state index in [1.165, 1.54) is 0 Å². The largest absolute Gasteiger partial charge is 0.481 e. The van der Waals surface area contributed by atoms with Gasteiger partial charge in [-0.2, -0.15) is 4.98 Å². The standard InChI is InChI=1S/C19H18ClN3O3/c1-12-7-9-14(10-8-12)25-13(2)19(24)21-11-17-22-18(23-26-17)15-5-3-4-6-16(15)20/h3-10,13H,11H2,1-2H3,(H,21,24)/t13-/m0/s1. The lowest BCUT2D eigenvalue weighted by molar-refractivity contribution is -0.127. The van der Waals surface area contributed by atoms with Gasteiger partial charge in [0.1, 0.15) is 5.75 Å². The fraction of sp³-hybridized carbons (Fsp3) is 0.211. The number of nitrogens with zero attached hydrogens (tertiary/aromatic N) is 2. The third-order valence-corrected chi connectivity index (χ3v) is 4.03. The Kier molecular flexibility index (Phi) is 5.53. The number of carbonyl (C=O) groups excluding carboxylic acids is 1. The lowest BCUT2D eigenvalue weighted by Crippen LogP contribution is -2.35. The van der Waals surface area contributed by atoms with E-state index in [2.05, 4.69) is 15.5 Å². The summed E-state index contributed by atoms with van der Waals surface area (Å²) in [6, 6.07) is 14.7. The van der Waals surface area contributed by atoms with E-state index in [0.717, 1.165) is 5.56 Å². The maximum atomic E-state index is 12.2. The van der Waals surface area contributed by atoms with Crippen molar-refractivity contribution in [1.82, 2.24) is 15.5 Å². The summed E-state index contributed by atoms with van der Waals surface area (Å²) >= 11 is 6.12. The van der Waals surface area contributed by atoms with Crippen molar-refractivity contribution in [2.45, 2.75) is 26.5 Å². The molecular weight excluding hydrogens is 354 g/mol. The number of hydrogen-bond donors (Lipinski definition) is 1. The molecule has 2 aromatic carbocycles. The Morgan fingerprint density at radius 1 is 1.23 bits per heavy atom. The van der Waals surface area contributed by atoms with E-state index < -0.39 is 6.10 Å². The predicted octanol–water partition coefficient (Wildman–Crippen LogP) is 3.78. The molecule has 0 unspecified atom stereocenters. The molecule has 0 saturated carbocycles. The number of amides is 1. The maximum absolute atomic E-state index is 12.2. The molecule has 26 heavy (non-hydrogen) atoms. The molecule has 1 amide bonds. The Hall–Kier alpha value is -2.86. The second kappa shape index (κ2) is 8.01. The van der Waals surface area contributed by atoms with Crippen LogP contribution in [0.3, 0.4) is 0 Å². The van der Waals surface area contributed by atoms with Gasteiger partial charge >= 0.3 is 0 Å². The molecule has 3 rings (SSSR count). The van der Waals surface area contributed by atoms with Gasteiger partial charge in [-0.05, 0) is 38.1 Å². The molecule has 3 aromatic rings. The number of aryl methyl sites for hydroxylation is 1. The minimum Gasteiger partial charge on any atom is -0.481 e. The van der Waals surface area contributed by atoms with Gasteiger partial charge in [0.15, 0.2) is 6.10 Å². The van der Waals surface area contributed by atoms with Gasteiger partial charge < -0.3 is 14.6 Å². The third-order valence-electron chi connectivity index (χ3n) is 3.70. The molecule has 1 aromatic heterocycles. The van der Waals surface area contributed by atoms with Crippen molar-refractivity contribution >= 4 is 17.5 Å². The first kappa shape index (κ1) is 17.9. The van der Waals surface area contributed by atoms with Crippen LogP contribution in [0.4, 0.5) is 0 Å². The van der Waals surface area contributed by atoms with Crippen molar-refractivity contribution in [2.75, 3.05) is 0 Å². The van der Waals surface area contributed by atoms with Crippen LogP contribution in [0.1, 0.15) is 18.4 Å². The van der Waals surface area contributed by atoms with Crippen molar-refractivity contribution in [1.29, 1.82) is 0 Å². The first-order chi connectivity index (χ1) is 12.5. The van der Waals surface area contributed by atoms with E-state index in [9.17, 15) is 4.79 Å². The fourth-order valence-corrected chi connectivity index (χ4v) is 2.48. The minimum absolute atomic E-state index is 0.109. The summed E-state index contributed by atoms with van der Waals surface area (Å²) in [5.74, 6) is 1.03. The molecule has 134 valence electrons. The Labute approximate surface area is 156 Å². The number of rotatable bonds is 6. The SMILES string of the molecule is Cc1ccc(O[C@@H](C)C(=O)NCc2nc(-c3ccccc3Cl)no2)cc1. The van der Waals surface area contributed by atoms with Crippen LogP contribution >= 0.6 is 11.6 Å². The van der Waals surface area contributed by atoms with Crippen LogP contribution in [0, 0.1) is 6.92 Å². The van der Waals surface area contributed by atoms with Gasteiger partial charge in [-0.25, -0.2) is 0 Å². The first-order valence-corrected chi connectivity index (χ1v) is 8.49. The highest BCUT2D eigenvalue weighted by Crippen LogP contribution is 2.24. The van der Waals surface area contributed by atoms with Crippen LogP contribution in [-0.4, -0.2) is 22.2 Å².